The van der Waals surface area contributed by atoms with Crippen LogP contribution in [0.4, 0.5) is 0 Å². The van der Waals surface area contributed by atoms with Crippen LogP contribution in [-0.4, -0.2) is 22.6 Å². The number of hydrogen-bond acceptors (Lipinski definition) is 2. The van der Waals surface area contributed by atoms with Crippen molar-refractivity contribution < 1.29 is 0 Å². The SMILES string of the molecule is Cc1[nH]c(CC2CCCN2)nc1C1CCC1. The van der Waals surface area contributed by atoms with Crippen LogP contribution in [0.5, 0.6) is 0 Å². The molecule has 2 fully saturated rings. The fraction of sp³-hybridized carbons (Fsp3) is 0.769. The van der Waals surface area contributed by atoms with Crippen molar-refractivity contribution in [2.24, 2.45) is 0 Å². The average molecular weight is 219 g/mol. The Bertz CT molecular complexity index is 359. The van der Waals surface area contributed by atoms with Gasteiger partial charge in [-0.15, -0.1) is 0 Å². The molecule has 0 spiro atoms. The van der Waals surface area contributed by atoms with E-state index in [2.05, 4.69) is 17.2 Å². The third-order valence-electron chi connectivity index (χ3n) is 4.07. The van der Waals surface area contributed by atoms with Crippen LogP contribution < -0.4 is 5.32 Å². The second-order valence-corrected chi connectivity index (χ2v) is 5.32. The largest absolute Gasteiger partial charge is 0.346 e. The third-order valence-corrected chi connectivity index (χ3v) is 4.07. The van der Waals surface area contributed by atoms with Gasteiger partial charge in [-0.2, -0.15) is 0 Å². The van der Waals surface area contributed by atoms with Crippen molar-refractivity contribution in [3.63, 3.8) is 0 Å². The Hall–Kier alpha value is -0.830. The van der Waals surface area contributed by atoms with Crippen LogP contribution in [0, 0.1) is 6.92 Å². The molecule has 0 bridgehead atoms. The first kappa shape index (κ1) is 10.3. The van der Waals surface area contributed by atoms with Crippen molar-refractivity contribution >= 4 is 0 Å². The van der Waals surface area contributed by atoms with Crippen LogP contribution in [0.1, 0.15) is 55.2 Å². The van der Waals surface area contributed by atoms with E-state index in [0.29, 0.717) is 6.04 Å². The fourth-order valence-electron chi connectivity index (χ4n) is 2.88. The fourth-order valence-corrected chi connectivity index (χ4v) is 2.88. The van der Waals surface area contributed by atoms with Gasteiger partial charge in [-0.05, 0) is 39.2 Å². The highest BCUT2D eigenvalue weighted by Crippen LogP contribution is 2.36. The van der Waals surface area contributed by atoms with E-state index in [0.717, 1.165) is 12.3 Å². The van der Waals surface area contributed by atoms with Crippen LogP contribution in [0.25, 0.3) is 0 Å². The van der Waals surface area contributed by atoms with Crippen LogP contribution in [0.15, 0.2) is 0 Å². The Kier molecular flexibility index (Phi) is 2.72. The highest BCUT2D eigenvalue weighted by Gasteiger charge is 2.25. The van der Waals surface area contributed by atoms with Gasteiger partial charge < -0.3 is 10.3 Å². The lowest BCUT2D eigenvalue weighted by Gasteiger charge is -2.23. The summed E-state index contributed by atoms with van der Waals surface area (Å²) in [4.78, 5) is 8.27. The summed E-state index contributed by atoms with van der Waals surface area (Å²) in [5, 5.41) is 3.53. The quantitative estimate of drug-likeness (QED) is 0.819. The predicted octanol–water partition coefficient (Wildman–Crippen LogP) is 2.28. The number of nitrogens with zero attached hydrogens (tertiary/aromatic N) is 1. The first-order valence-corrected chi connectivity index (χ1v) is 6.61. The standard InChI is InChI=1S/C13H21N3/c1-9-13(10-4-2-5-10)16-12(15-9)8-11-6-3-7-14-11/h10-11,14H,2-8H2,1H3,(H,15,16). The molecule has 2 heterocycles. The Balaban J connectivity index is 1.70. The molecule has 2 N–H and O–H groups in total. The maximum Gasteiger partial charge on any atom is 0.108 e. The molecule has 3 rings (SSSR count). The van der Waals surface area contributed by atoms with Crippen molar-refractivity contribution in [1.82, 2.24) is 15.3 Å². The van der Waals surface area contributed by atoms with Crippen molar-refractivity contribution in [1.29, 1.82) is 0 Å². The molecule has 88 valence electrons. The molecule has 1 atom stereocenters. The molecule has 1 saturated carbocycles. The van der Waals surface area contributed by atoms with E-state index in [4.69, 9.17) is 4.98 Å². The van der Waals surface area contributed by atoms with E-state index in [1.165, 1.54) is 55.9 Å². The topological polar surface area (TPSA) is 40.7 Å². The minimum atomic E-state index is 0.653. The van der Waals surface area contributed by atoms with Crippen LogP contribution in [0.3, 0.4) is 0 Å². The smallest absolute Gasteiger partial charge is 0.108 e. The van der Waals surface area contributed by atoms with Crippen molar-refractivity contribution in [2.75, 3.05) is 6.54 Å². The van der Waals surface area contributed by atoms with Gasteiger partial charge in [0.25, 0.3) is 0 Å². The van der Waals surface area contributed by atoms with Crippen molar-refractivity contribution in [3.8, 4) is 0 Å². The first-order chi connectivity index (χ1) is 7.83. The maximum atomic E-state index is 4.80. The highest BCUT2D eigenvalue weighted by atomic mass is 15.0. The number of nitrogens with one attached hydrogen (secondary N) is 2. The monoisotopic (exact) mass is 219 g/mol. The molecule has 0 radical (unpaired) electrons. The molecule has 0 amide bonds. The molecule has 1 unspecified atom stereocenters. The number of imidazole rings is 1. The molecule has 1 aliphatic heterocycles. The van der Waals surface area contributed by atoms with Crippen molar-refractivity contribution in [2.45, 2.75) is 57.4 Å². The molecule has 0 aromatic carbocycles. The zero-order valence-corrected chi connectivity index (χ0v) is 10.1. The molecule has 3 nitrogen and oxygen atoms in total. The summed E-state index contributed by atoms with van der Waals surface area (Å²) in [6.45, 7) is 3.35. The number of aromatic nitrogens is 2. The molecular weight excluding hydrogens is 198 g/mol. The third kappa shape index (κ3) is 1.88. The lowest BCUT2D eigenvalue weighted by molar-refractivity contribution is 0.410. The molecule has 1 aliphatic carbocycles. The van der Waals surface area contributed by atoms with Gasteiger partial charge in [0.1, 0.15) is 5.82 Å². The van der Waals surface area contributed by atoms with Gasteiger partial charge >= 0.3 is 0 Å². The average Bonchev–Trinajstić information content (AvgIpc) is 2.76. The summed E-state index contributed by atoms with van der Waals surface area (Å²) < 4.78 is 0. The van der Waals surface area contributed by atoms with E-state index < -0.39 is 0 Å². The molecule has 1 aromatic rings. The number of rotatable bonds is 3. The van der Waals surface area contributed by atoms with E-state index in [9.17, 15) is 0 Å². The van der Waals surface area contributed by atoms with E-state index in [1.54, 1.807) is 0 Å². The summed E-state index contributed by atoms with van der Waals surface area (Å²) in [5.74, 6) is 1.94. The van der Waals surface area contributed by atoms with E-state index >= 15 is 0 Å². The molecule has 16 heavy (non-hydrogen) atoms. The van der Waals surface area contributed by atoms with E-state index in [1.807, 2.05) is 0 Å². The predicted molar refractivity (Wildman–Crippen MR) is 64.6 cm³/mol. The van der Waals surface area contributed by atoms with Gasteiger partial charge in [-0.1, -0.05) is 6.42 Å². The zero-order chi connectivity index (χ0) is 11.0. The lowest BCUT2D eigenvalue weighted by atomic mass is 9.82. The zero-order valence-electron chi connectivity index (χ0n) is 10.1. The van der Waals surface area contributed by atoms with Gasteiger partial charge in [-0.3, -0.25) is 0 Å². The number of hydrogen-bond donors (Lipinski definition) is 2. The summed E-state index contributed by atoms with van der Waals surface area (Å²) >= 11 is 0. The first-order valence-electron chi connectivity index (χ1n) is 6.61. The summed E-state index contributed by atoms with van der Waals surface area (Å²) in [6, 6.07) is 0.653. The minimum Gasteiger partial charge on any atom is -0.346 e. The Morgan fingerprint density at radius 3 is 2.75 bits per heavy atom. The second-order valence-electron chi connectivity index (χ2n) is 5.32. The lowest BCUT2D eigenvalue weighted by Crippen LogP contribution is -2.24. The maximum absolute atomic E-state index is 4.80. The van der Waals surface area contributed by atoms with Gasteiger partial charge in [0.05, 0.1) is 5.69 Å². The Labute approximate surface area is 97.0 Å². The van der Waals surface area contributed by atoms with Gasteiger partial charge in [0, 0.05) is 24.1 Å². The van der Waals surface area contributed by atoms with Crippen molar-refractivity contribution in [3.05, 3.63) is 17.2 Å². The van der Waals surface area contributed by atoms with Gasteiger partial charge in [-0.25, -0.2) is 4.98 Å². The molecule has 1 saturated heterocycles. The number of aromatic amines is 1. The summed E-state index contributed by atoms with van der Waals surface area (Å²) in [5.41, 5.74) is 2.65. The second kappa shape index (κ2) is 4.21. The van der Waals surface area contributed by atoms with E-state index in [-0.39, 0.29) is 0 Å². The highest BCUT2D eigenvalue weighted by molar-refractivity contribution is 5.20. The molecule has 2 aliphatic rings. The normalized spacial score (nSPS) is 25.9. The number of H-pyrrole nitrogens is 1. The Morgan fingerprint density at radius 1 is 1.25 bits per heavy atom. The molecule has 1 aromatic heterocycles. The minimum absolute atomic E-state index is 0.653. The number of aryl methyl sites for hydroxylation is 1. The van der Waals surface area contributed by atoms with Crippen LogP contribution in [-0.2, 0) is 6.42 Å². The summed E-state index contributed by atoms with van der Waals surface area (Å²) in [6.07, 6.45) is 7.77. The summed E-state index contributed by atoms with van der Waals surface area (Å²) in [7, 11) is 0. The van der Waals surface area contributed by atoms with Gasteiger partial charge in [0.15, 0.2) is 0 Å². The Morgan fingerprint density at radius 2 is 2.12 bits per heavy atom. The van der Waals surface area contributed by atoms with Crippen LogP contribution in [0.2, 0.25) is 0 Å². The van der Waals surface area contributed by atoms with Crippen LogP contribution >= 0.6 is 0 Å². The molecule has 3 heteroatoms. The molecular formula is C13H21N3. The van der Waals surface area contributed by atoms with Gasteiger partial charge in [0.2, 0.25) is 0 Å².